The van der Waals surface area contributed by atoms with Gasteiger partial charge in [0.2, 0.25) is 5.76 Å². The number of benzene rings is 2. The van der Waals surface area contributed by atoms with Crippen LogP contribution < -0.4 is 15.1 Å². The van der Waals surface area contributed by atoms with Gasteiger partial charge in [0.05, 0.1) is 23.6 Å². The molecule has 1 amide bonds. The molecule has 0 saturated carbocycles. The molecule has 172 valence electrons. The standard InChI is InChI=1S/C28H26N2O4/c1-3-4-7-15-33-20-10-8-9-19(16-20)25-24-26(31)21-11-5-6-12-22(21)34-27(24)28(32)30(25)23-14-13-18(2)17-29-23/h5-6,8-14,16-17,25H,3-4,7,15H2,1-2H3. The first-order chi connectivity index (χ1) is 16.6. The molecular weight excluding hydrogens is 428 g/mol. The Morgan fingerprint density at radius 3 is 2.68 bits per heavy atom. The number of aromatic nitrogens is 1. The minimum absolute atomic E-state index is 0.0605. The summed E-state index contributed by atoms with van der Waals surface area (Å²) in [6.45, 7) is 4.71. The van der Waals surface area contributed by atoms with Crippen molar-refractivity contribution in [3.8, 4) is 5.75 Å². The third kappa shape index (κ3) is 3.85. The molecule has 6 nitrogen and oxygen atoms in total. The number of ether oxygens (including phenoxy) is 1. The number of hydrogen-bond donors (Lipinski definition) is 0. The van der Waals surface area contributed by atoms with Crippen molar-refractivity contribution < 1.29 is 13.9 Å². The van der Waals surface area contributed by atoms with Crippen molar-refractivity contribution >= 4 is 22.7 Å². The van der Waals surface area contributed by atoms with Crippen molar-refractivity contribution in [3.05, 3.63) is 99.5 Å². The summed E-state index contributed by atoms with van der Waals surface area (Å²) in [5.41, 5.74) is 2.26. The lowest BCUT2D eigenvalue weighted by atomic mass is 9.98. The molecule has 0 N–H and O–H groups in total. The molecule has 34 heavy (non-hydrogen) atoms. The van der Waals surface area contributed by atoms with E-state index < -0.39 is 6.04 Å². The van der Waals surface area contributed by atoms with Crippen molar-refractivity contribution in [1.82, 2.24) is 4.98 Å². The summed E-state index contributed by atoms with van der Waals surface area (Å²) >= 11 is 0. The molecule has 4 aromatic rings. The van der Waals surface area contributed by atoms with Crippen LogP contribution in [0.5, 0.6) is 5.75 Å². The molecule has 3 heterocycles. The lowest BCUT2D eigenvalue weighted by Crippen LogP contribution is -2.30. The fourth-order valence-corrected chi connectivity index (χ4v) is 4.39. The number of unbranched alkanes of at least 4 members (excludes halogenated alkanes) is 2. The monoisotopic (exact) mass is 454 g/mol. The Kier molecular flexibility index (Phi) is 5.88. The van der Waals surface area contributed by atoms with E-state index in [9.17, 15) is 9.59 Å². The zero-order valence-electron chi connectivity index (χ0n) is 19.3. The van der Waals surface area contributed by atoms with Gasteiger partial charge in [0.25, 0.3) is 5.91 Å². The molecule has 1 atom stereocenters. The predicted octanol–water partition coefficient (Wildman–Crippen LogP) is 5.82. The summed E-state index contributed by atoms with van der Waals surface area (Å²) in [4.78, 5) is 33.3. The van der Waals surface area contributed by atoms with E-state index in [1.165, 1.54) is 0 Å². The van der Waals surface area contributed by atoms with Gasteiger partial charge in [-0.1, -0.05) is 50.1 Å². The molecule has 0 radical (unpaired) electrons. The van der Waals surface area contributed by atoms with Gasteiger partial charge in [-0.25, -0.2) is 4.98 Å². The maximum absolute atomic E-state index is 13.6. The summed E-state index contributed by atoms with van der Waals surface area (Å²) in [5, 5.41) is 0.449. The highest BCUT2D eigenvalue weighted by Gasteiger charge is 2.44. The Labute approximate surface area is 197 Å². The zero-order chi connectivity index (χ0) is 23.7. The lowest BCUT2D eigenvalue weighted by Gasteiger charge is -2.24. The molecule has 1 aliphatic heterocycles. The third-order valence-corrected chi connectivity index (χ3v) is 6.11. The van der Waals surface area contributed by atoms with Gasteiger partial charge in [-0.2, -0.15) is 0 Å². The number of nitrogens with zero attached hydrogens (tertiary/aromatic N) is 2. The Morgan fingerprint density at radius 1 is 1.03 bits per heavy atom. The number of fused-ring (bicyclic) bond motifs is 2. The van der Waals surface area contributed by atoms with Gasteiger partial charge >= 0.3 is 0 Å². The molecular formula is C28H26N2O4. The molecule has 5 rings (SSSR count). The van der Waals surface area contributed by atoms with Crippen LogP contribution in [0.2, 0.25) is 0 Å². The van der Waals surface area contributed by atoms with Crippen molar-refractivity contribution in [2.24, 2.45) is 0 Å². The first kappa shape index (κ1) is 21.9. The second kappa shape index (κ2) is 9.14. The van der Waals surface area contributed by atoms with Gasteiger partial charge < -0.3 is 9.15 Å². The maximum atomic E-state index is 13.6. The van der Waals surface area contributed by atoms with Gasteiger partial charge in [0.1, 0.15) is 17.2 Å². The highest BCUT2D eigenvalue weighted by molar-refractivity contribution is 6.10. The van der Waals surface area contributed by atoms with Crippen LogP contribution in [-0.4, -0.2) is 17.5 Å². The van der Waals surface area contributed by atoms with Crippen LogP contribution in [-0.2, 0) is 0 Å². The molecule has 1 unspecified atom stereocenters. The van der Waals surface area contributed by atoms with Gasteiger partial charge in [0, 0.05) is 6.20 Å². The van der Waals surface area contributed by atoms with Gasteiger partial charge in [0.15, 0.2) is 5.43 Å². The smallest absolute Gasteiger partial charge is 0.296 e. The SMILES string of the molecule is CCCCCOc1cccc(C2c3c(oc4ccccc4c3=O)C(=O)N2c2ccc(C)cn2)c1. The summed E-state index contributed by atoms with van der Waals surface area (Å²) in [5.74, 6) is 0.847. The fraction of sp³-hybridized carbons (Fsp3) is 0.250. The minimum atomic E-state index is -0.669. The molecule has 0 saturated heterocycles. The zero-order valence-corrected chi connectivity index (χ0v) is 19.3. The third-order valence-electron chi connectivity index (χ3n) is 6.11. The fourth-order valence-electron chi connectivity index (χ4n) is 4.39. The Hall–Kier alpha value is -3.93. The molecule has 2 aromatic carbocycles. The quantitative estimate of drug-likeness (QED) is 0.329. The average Bonchev–Trinajstić information content (AvgIpc) is 3.15. The first-order valence-electron chi connectivity index (χ1n) is 11.6. The molecule has 0 aliphatic carbocycles. The number of pyridine rings is 1. The first-order valence-corrected chi connectivity index (χ1v) is 11.6. The van der Waals surface area contributed by atoms with E-state index in [2.05, 4.69) is 11.9 Å². The molecule has 2 aromatic heterocycles. The second-order valence-electron chi connectivity index (χ2n) is 8.57. The molecule has 0 fully saturated rings. The van der Waals surface area contributed by atoms with Crippen LogP contribution in [0.15, 0.2) is 76.1 Å². The summed E-state index contributed by atoms with van der Waals surface area (Å²) < 4.78 is 12.0. The van der Waals surface area contributed by atoms with Crippen molar-refractivity contribution in [1.29, 1.82) is 0 Å². The predicted molar refractivity (Wildman–Crippen MR) is 132 cm³/mol. The van der Waals surface area contributed by atoms with E-state index in [1.54, 1.807) is 41.4 Å². The van der Waals surface area contributed by atoms with Gasteiger partial charge in [-0.05, 0) is 54.8 Å². The van der Waals surface area contributed by atoms with Crippen LogP contribution in [0.1, 0.15) is 59.5 Å². The molecule has 6 heteroatoms. The van der Waals surface area contributed by atoms with E-state index in [-0.39, 0.29) is 17.1 Å². The van der Waals surface area contributed by atoms with Crippen molar-refractivity contribution in [2.45, 2.75) is 39.2 Å². The number of rotatable bonds is 7. The van der Waals surface area contributed by atoms with Gasteiger partial charge in [-0.3, -0.25) is 14.5 Å². The van der Waals surface area contributed by atoms with E-state index in [0.29, 0.717) is 34.7 Å². The lowest BCUT2D eigenvalue weighted by molar-refractivity contribution is 0.0970. The van der Waals surface area contributed by atoms with Crippen LogP contribution >= 0.6 is 0 Å². The topological polar surface area (TPSA) is 72.6 Å². The van der Waals surface area contributed by atoms with Gasteiger partial charge in [-0.15, -0.1) is 0 Å². The molecule has 0 bridgehead atoms. The van der Waals surface area contributed by atoms with E-state index in [4.69, 9.17) is 9.15 Å². The second-order valence-corrected chi connectivity index (χ2v) is 8.57. The van der Waals surface area contributed by atoms with E-state index in [0.717, 1.165) is 30.4 Å². The van der Waals surface area contributed by atoms with E-state index >= 15 is 0 Å². The number of hydrogen-bond acceptors (Lipinski definition) is 5. The van der Waals surface area contributed by atoms with Crippen LogP contribution in [0, 0.1) is 6.92 Å². The molecule has 0 spiro atoms. The van der Waals surface area contributed by atoms with Crippen LogP contribution in [0.4, 0.5) is 5.82 Å². The van der Waals surface area contributed by atoms with Crippen molar-refractivity contribution in [3.63, 3.8) is 0 Å². The van der Waals surface area contributed by atoms with Crippen LogP contribution in [0.3, 0.4) is 0 Å². The number of carbonyl (C=O) groups is 1. The van der Waals surface area contributed by atoms with Crippen molar-refractivity contribution in [2.75, 3.05) is 11.5 Å². The Balaban J connectivity index is 1.65. The van der Waals surface area contributed by atoms with E-state index in [1.807, 2.05) is 37.3 Å². The summed E-state index contributed by atoms with van der Waals surface area (Å²) in [7, 11) is 0. The minimum Gasteiger partial charge on any atom is -0.494 e. The highest BCUT2D eigenvalue weighted by Crippen LogP contribution is 2.41. The number of carbonyl (C=O) groups excluding carboxylic acids is 1. The number of amides is 1. The summed E-state index contributed by atoms with van der Waals surface area (Å²) in [6, 6.07) is 17.6. The number of aryl methyl sites for hydroxylation is 1. The highest BCUT2D eigenvalue weighted by atomic mass is 16.5. The van der Waals surface area contributed by atoms with Crippen LogP contribution in [0.25, 0.3) is 11.0 Å². The normalized spacial score (nSPS) is 15.1. The Morgan fingerprint density at radius 2 is 1.88 bits per heavy atom. The largest absolute Gasteiger partial charge is 0.494 e. The molecule has 1 aliphatic rings. The average molecular weight is 455 g/mol. The maximum Gasteiger partial charge on any atom is 0.296 e. The summed E-state index contributed by atoms with van der Waals surface area (Å²) in [6.07, 6.45) is 4.90. The number of anilines is 1. The Bertz CT molecular complexity index is 1410. The number of para-hydroxylation sites is 1.